The second kappa shape index (κ2) is 13.4. The number of para-hydroxylation sites is 2. The van der Waals surface area contributed by atoms with Crippen LogP contribution >= 0.6 is 0 Å². The number of anilines is 4. The molecule has 1 saturated heterocycles. The van der Waals surface area contributed by atoms with Gasteiger partial charge in [0.05, 0.1) is 12.1 Å². The van der Waals surface area contributed by atoms with Crippen molar-refractivity contribution in [1.29, 1.82) is 0 Å². The average molecular weight is 804 g/mol. The second-order valence-corrected chi connectivity index (χ2v) is 19.7. The van der Waals surface area contributed by atoms with Gasteiger partial charge in [-0.15, -0.1) is 0 Å². The maximum atomic E-state index is 2.70. The number of hydrogen-bond acceptors (Lipinski definition) is 3. The third-order valence-electron chi connectivity index (χ3n) is 13.8. The van der Waals surface area contributed by atoms with Crippen LogP contribution in [0.4, 0.5) is 34.1 Å². The second-order valence-electron chi connectivity index (χ2n) is 19.7. The minimum Gasteiger partial charge on any atom is -0.310 e. The van der Waals surface area contributed by atoms with Gasteiger partial charge in [0.1, 0.15) is 5.69 Å². The maximum absolute atomic E-state index is 2.70. The van der Waals surface area contributed by atoms with Crippen LogP contribution in [0.1, 0.15) is 52.7 Å². The van der Waals surface area contributed by atoms with E-state index in [4.69, 9.17) is 0 Å². The van der Waals surface area contributed by atoms with Crippen molar-refractivity contribution >= 4 is 61.4 Å². The van der Waals surface area contributed by atoms with Crippen LogP contribution in [0.5, 0.6) is 0 Å². The van der Waals surface area contributed by atoms with E-state index in [0.29, 0.717) is 0 Å². The van der Waals surface area contributed by atoms with Crippen molar-refractivity contribution in [3.63, 3.8) is 0 Å². The Morgan fingerprint density at radius 3 is 1.82 bits per heavy atom. The molecule has 0 spiro atoms. The highest BCUT2D eigenvalue weighted by atomic mass is 15.7. The lowest BCUT2D eigenvalue weighted by atomic mass is 9.78. The highest BCUT2D eigenvalue weighted by molar-refractivity contribution is 6.14. The van der Waals surface area contributed by atoms with Gasteiger partial charge in [0.25, 0.3) is 0 Å². The normalized spacial score (nSPS) is 20.9. The molecule has 6 aliphatic rings. The van der Waals surface area contributed by atoms with E-state index in [2.05, 4.69) is 243 Å². The molecular formula is C58H51N4+. The summed E-state index contributed by atoms with van der Waals surface area (Å²) < 4.78 is 2.61. The molecule has 3 atom stereocenters. The lowest BCUT2D eigenvalue weighted by Gasteiger charge is -2.53. The van der Waals surface area contributed by atoms with Crippen molar-refractivity contribution in [1.82, 2.24) is 9.58 Å². The van der Waals surface area contributed by atoms with Gasteiger partial charge >= 0.3 is 0 Å². The van der Waals surface area contributed by atoms with Crippen LogP contribution in [0.15, 0.2) is 204 Å². The predicted molar refractivity (Wildman–Crippen MR) is 262 cm³/mol. The Balaban J connectivity index is 1.12. The zero-order valence-corrected chi connectivity index (χ0v) is 36.3. The molecule has 0 radical (unpaired) electrons. The molecule has 12 rings (SSSR count). The maximum Gasteiger partial charge on any atom is 0.237 e. The Labute approximate surface area is 365 Å². The number of benzene rings is 6. The zero-order valence-electron chi connectivity index (χ0n) is 36.3. The Hall–Kier alpha value is -6.75. The molecule has 4 nitrogen and oxygen atoms in total. The van der Waals surface area contributed by atoms with Gasteiger partial charge in [0, 0.05) is 41.3 Å². The first-order valence-electron chi connectivity index (χ1n) is 22.2. The summed E-state index contributed by atoms with van der Waals surface area (Å²) in [5, 5.41) is 10.3. The molecule has 0 aromatic heterocycles. The zero-order chi connectivity index (χ0) is 42.1. The predicted octanol–water partition coefficient (Wildman–Crippen LogP) is 13.9. The summed E-state index contributed by atoms with van der Waals surface area (Å²) >= 11 is 0. The van der Waals surface area contributed by atoms with Gasteiger partial charge in [0.15, 0.2) is 6.04 Å². The molecule has 0 amide bonds. The molecule has 3 aliphatic heterocycles. The molecule has 6 aromatic carbocycles. The quantitative estimate of drug-likeness (QED) is 0.130. The third kappa shape index (κ3) is 5.59. The molecule has 3 heterocycles. The van der Waals surface area contributed by atoms with Crippen LogP contribution in [-0.2, 0) is 10.8 Å². The third-order valence-corrected chi connectivity index (χ3v) is 13.8. The molecule has 0 saturated carbocycles. The van der Waals surface area contributed by atoms with Crippen molar-refractivity contribution in [2.45, 2.75) is 70.5 Å². The van der Waals surface area contributed by atoms with Crippen LogP contribution in [-0.4, -0.2) is 28.8 Å². The lowest BCUT2D eigenvalue weighted by Crippen LogP contribution is -2.65. The molecule has 1 fully saturated rings. The van der Waals surface area contributed by atoms with Crippen LogP contribution in [0.25, 0.3) is 21.5 Å². The molecule has 0 bridgehead atoms. The summed E-state index contributed by atoms with van der Waals surface area (Å²) in [6.07, 6.45) is 23.2. The Kier molecular flexibility index (Phi) is 7.99. The van der Waals surface area contributed by atoms with Gasteiger partial charge in [-0.3, -0.25) is 5.01 Å². The molecule has 3 unspecified atom stereocenters. The Morgan fingerprint density at radius 2 is 1.13 bits per heavy atom. The van der Waals surface area contributed by atoms with E-state index in [9.17, 15) is 0 Å². The van der Waals surface area contributed by atoms with Gasteiger partial charge in [-0.25, -0.2) is 0 Å². The summed E-state index contributed by atoms with van der Waals surface area (Å²) in [6, 6.07) is 45.7. The molecule has 4 heteroatoms. The SMILES string of the molecule is CC(C)(C)c1cc([N+]2=C3C=CC=C4C5=CC=CC6=C7C=CC=CC7N(C56)N(c5cc6cc7cc(N(c8ccccc8)c8ccccc8)ccc7cc6cc52)C43)cc(C(C)(C)C)c1. The summed E-state index contributed by atoms with van der Waals surface area (Å²) in [4.78, 5) is 2.35. The first-order valence-corrected chi connectivity index (χ1v) is 22.2. The molecule has 6 aromatic rings. The molecule has 0 N–H and O–H groups in total. The molecule has 3 aliphatic carbocycles. The molecule has 62 heavy (non-hydrogen) atoms. The Bertz CT molecular complexity index is 3080. The topological polar surface area (TPSA) is 12.7 Å². The van der Waals surface area contributed by atoms with Crippen LogP contribution < -0.4 is 14.5 Å². The smallest absolute Gasteiger partial charge is 0.237 e. The van der Waals surface area contributed by atoms with Crippen LogP contribution in [0.2, 0.25) is 0 Å². The summed E-state index contributed by atoms with van der Waals surface area (Å²) in [6.45, 7) is 14.0. The van der Waals surface area contributed by atoms with Crippen molar-refractivity contribution < 1.29 is 0 Å². The largest absolute Gasteiger partial charge is 0.310 e. The van der Waals surface area contributed by atoms with Gasteiger partial charge in [0.2, 0.25) is 17.1 Å². The van der Waals surface area contributed by atoms with Crippen molar-refractivity contribution in [2.24, 2.45) is 0 Å². The fourth-order valence-corrected chi connectivity index (χ4v) is 10.7. The van der Waals surface area contributed by atoms with E-state index in [-0.39, 0.29) is 29.0 Å². The minimum absolute atomic E-state index is 0.00685. The molecule has 302 valence electrons. The number of rotatable bonds is 4. The van der Waals surface area contributed by atoms with Crippen molar-refractivity contribution in [3.8, 4) is 0 Å². The monoisotopic (exact) mass is 803 g/mol. The lowest BCUT2D eigenvalue weighted by molar-refractivity contribution is 0.204. The molecular weight excluding hydrogens is 753 g/mol. The van der Waals surface area contributed by atoms with Crippen molar-refractivity contribution in [2.75, 3.05) is 9.91 Å². The number of nitrogens with zero attached hydrogens (tertiary/aromatic N) is 4. The van der Waals surface area contributed by atoms with Gasteiger partial charge in [-0.1, -0.05) is 145 Å². The number of hydrogen-bond donors (Lipinski definition) is 0. The van der Waals surface area contributed by atoms with Gasteiger partial charge in [-0.2, -0.15) is 9.58 Å². The van der Waals surface area contributed by atoms with Gasteiger partial charge < -0.3 is 4.90 Å². The average Bonchev–Trinajstić information content (AvgIpc) is 3.61. The summed E-state index contributed by atoms with van der Waals surface area (Å²) in [5.41, 5.74) is 16.6. The Morgan fingerprint density at radius 1 is 0.516 bits per heavy atom. The van der Waals surface area contributed by atoms with Crippen molar-refractivity contribution in [3.05, 3.63) is 216 Å². The van der Waals surface area contributed by atoms with E-state index in [0.717, 1.165) is 17.1 Å². The van der Waals surface area contributed by atoms with E-state index in [1.54, 1.807) is 0 Å². The van der Waals surface area contributed by atoms with Gasteiger partial charge in [-0.05, 0) is 120 Å². The summed E-state index contributed by atoms with van der Waals surface area (Å²) in [5.74, 6) is 0. The minimum atomic E-state index is -0.0251. The number of allylic oxidation sites excluding steroid dienone is 6. The van der Waals surface area contributed by atoms with E-state index in [1.807, 2.05) is 0 Å². The van der Waals surface area contributed by atoms with E-state index < -0.39 is 0 Å². The highest BCUT2D eigenvalue weighted by Gasteiger charge is 2.57. The fourth-order valence-electron chi connectivity index (χ4n) is 10.7. The summed E-state index contributed by atoms with van der Waals surface area (Å²) in [7, 11) is 0. The van der Waals surface area contributed by atoms with E-state index >= 15 is 0 Å². The van der Waals surface area contributed by atoms with E-state index in [1.165, 1.54) is 77.7 Å². The highest BCUT2D eigenvalue weighted by Crippen LogP contribution is 2.54. The van der Waals surface area contributed by atoms with Crippen LogP contribution in [0.3, 0.4) is 0 Å². The number of fused-ring (bicyclic) bond motifs is 8. The fraction of sp³-hybridized carbons (Fsp3) is 0.190. The first-order chi connectivity index (χ1) is 30.0. The first kappa shape index (κ1) is 37.0. The number of hydrazine groups is 1. The standard InChI is InChI=1S/C58H51N4/c1-57(2,3)41-34-42(58(4,5)6)36-46(35-41)60-52-26-16-24-50-49-23-15-22-48-47-21-13-14-25-51(47)61(55(48)49)62(56(50)52)54-33-40-30-38-31-45(28-27-37(38)29-39(40)32-53(54)60)59(43-17-9-7-10-18-43)44-19-11-8-12-20-44/h7-36,51,55-56H,1-6H3/q+1. The van der Waals surface area contributed by atoms with Crippen LogP contribution in [0, 0.1) is 0 Å².